The Labute approximate surface area is 113 Å². The number of hydrogen-bond acceptors (Lipinski definition) is 2. The molecule has 0 aliphatic heterocycles. The van der Waals surface area contributed by atoms with E-state index < -0.39 is 0 Å². The number of fused-ring (bicyclic) bond motifs is 6. The number of aromatic nitrogens is 3. The van der Waals surface area contributed by atoms with Crippen LogP contribution in [-0.2, 0) is 0 Å². The number of pyridine rings is 1. The lowest BCUT2D eigenvalue weighted by Gasteiger charge is -2.05. The number of halogens is 2. The predicted molar refractivity (Wildman–Crippen MR) is 76.1 cm³/mol. The molecule has 0 aliphatic carbocycles. The van der Waals surface area contributed by atoms with Gasteiger partial charge in [0, 0.05) is 34.7 Å². The molecular weight excluding hydrogens is 265 g/mol. The number of nitrogens with one attached hydrogen (secondary N) is 1. The lowest BCUT2D eigenvalue weighted by Crippen LogP contribution is -1.84. The van der Waals surface area contributed by atoms with E-state index in [4.69, 9.17) is 0 Å². The molecule has 94 valence electrons. The fourth-order valence-corrected chi connectivity index (χ4v) is 2.49. The Kier molecular flexibility index (Phi) is 2.61. The first kappa shape index (κ1) is 11.9. The van der Waals surface area contributed by atoms with Crippen molar-refractivity contribution in [1.82, 2.24) is 15.2 Å². The minimum atomic E-state index is -0.248. The molecule has 0 spiro atoms. The molecule has 4 aromatic rings. The van der Waals surface area contributed by atoms with Crippen molar-refractivity contribution in [3.05, 3.63) is 48.7 Å². The molecule has 0 aliphatic rings. The molecule has 0 atom stereocenters. The van der Waals surface area contributed by atoms with Crippen molar-refractivity contribution in [3.8, 4) is 0 Å². The highest BCUT2D eigenvalue weighted by atomic mass is 35.5. The van der Waals surface area contributed by atoms with Gasteiger partial charge in [0.1, 0.15) is 11.3 Å². The summed E-state index contributed by atoms with van der Waals surface area (Å²) in [5.41, 5.74) is 0.865. The number of rotatable bonds is 0. The van der Waals surface area contributed by atoms with Gasteiger partial charge in [-0.2, -0.15) is 5.10 Å². The Balaban J connectivity index is 0.00000110. The van der Waals surface area contributed by atoms with Gasteiger partial charge >= 0.3 is 0 Å². The van der Waals surface area contributed by atoms with Gasteiger partial charge in [-0.1, -0.05) is 0 Å². The fourth-order valence-electron chi connectivity index (χ4n) is 2.49. The van der Waals surface area contributed by atoms with Gasteiger partial charge in [-0.3, -0.25) is 10.1 Å². The van der Waals surface area contributed by atoms with Crippen LogP contribution in [0.2, 0.25) is 0 Å². The lowest BCUT2D eigenvalue weighted by atomic mass is 10.00. The summed E-state index contributed by atoms with van der Waals surface area (Å²) in [6.45, 7) is 0. The summed E-state index contributed by atoms with van der Waals surface area (Å²) in [4.78, 5) is 4.13. The number of aromatic amines is 1. The average molecular weight is 274 g/mol. The van der Waals surface area contributed by atoms with Gasteiger partial charge in [0.25, 0.3) is 0 Å². The third-order valence-corrected chi connectivity index (χ3v) is 3.28. The highest BCUT2D eigenvalue weighted by Gasteiger charge is 2.10. The smallest absolute Gasteiger partial charge is 0.123 e. The first-order chi connectivity index (χ1) is 8.84. The minimum Gasteiger partial charge on any atom is -0.284 e. The van der Waals surface area contributed by atoms with Gasteiger partial charge < -0.3 is 0 Å². The van der Waals surface area contributed by atoms with E-state index in [9.17, 15) is 4.39 Å². The molecule has 3 nitrogen and oxygen atoms in total. The van der Waals surface area contributed by atoms with Crippen LogP contribution >= 0.6 is 12.4 Å². The van der Waals surface area contributed by atoms with E-state index in [0.29, 0.717) is 0 Å². The van der Waals surface area contributed by atoms with Gasteiger partial charge in [-0.25, -0.2) is 4.39 Å². The monoisotopic (exact) mass is 273 g/mol. The zero-order valence-corrected chi connectivity index (χ0v) is 10.5. The van der Waals surface area contributed by atoms with E-state index in [1.54, 1.807) is 18.5 Å². The second kappa shape index (κ2) is 4.17. The standard InChI is InChI=1S/C14H8FN3.ClH/c15-8-1-2-10-11(5-8)12-6-16-4-3-9(12)13-7-17-18-14(10)13;/h1-7H,(H,17,18);1H. The van der Waals surface area contributed by atoms with E-state index in [1.807, 2.05) is 12.3 Å². The van der Waals surface area contributed by atoms with Crippen molar-refractivity contribution >= 4 is 44.9 Å². The van der Waals surface area contributed by atoms with Gasteiger partial charge in [0.2, 0.25) is 0 Å². The lowest BCUT2D eigenvalue weighted by molar-refractivity contribution is 0.630. The van der Waals surface area contributed by atoms with Crippen molar-refractivity contribution in [3.63, 3.8) is 0 Å². The maximum Gasteiger partial charge on any atom is 0.123 e. The molecule has 0 unspecified atom stereocenters. The van der Waals surface area contributed by atoms with E-state index in [0.717, 1.165) is 32.4 Å². The summed E-state index contributed by atoms with van der Waals surface area (Å²) in [5.74, 6) is -0.248. The zero-order chi connectivity index (χ0) is 12.1. The highest BCUT2D eigenvalue weighted by Crippen LogP contribution is 2.33. The first-order valence-corrected chi connectivity index (χ1v) is 5.63. The number of benzene rings is 2. The highest BCUT2D eigenvalue weighted by molar-refractivity contribution is 6.23. The van der Waals surface area contributed by atoms with Crippen LogP contribution in [0.25, 0.3) is 32.4 Å². The molecule has 2 heterocycles. The van der Waals surface area contributed by atoms with Crippen molar-refractivity contribution in [1.29, 1.82) is 0 Å². The number of hydrogen-bond donors (Lipinski definition) is 1. The quantitative estimate of drug-likeness (QED) is 0.495. The van der Waals surface area contributed by atoms with E-state index in [-0.39, 0.29) is 18.2 Å². The molecule has 1 N–H and O–H groups in total. The van der Waals surface area contributed by atoms with Crippen molar-refractivity contribution in [2.75, 3.05) is 0 Å². The normalized spacial score (nSPS) is 11.0. The second-order valence-corrected chi connectivity index (χ2v) is 4.26. The van der Waals surface area contributed by atoms with Crippen LogP contribution in [0.4, 0.5) is 4.39 Å². The van der Waals surface area contributed by atoms with E-state index in [1.165, 1.54) is 12.1 Å². The number of nitrogens with zero attached hydrogens (tertiary/aromatic N) is 2. The summed E-state index contributed by atoms with van der Waals surface area (Å²) in [7, 11) is 0. The van der Waals surface area contributed by atoms with Gasteiger partial charge in [0.15, 0.2) is 0 Å². The molecule has 0 saturated carbocycles. The topological polar surface area (TPSA) is 41.6 Å². The Morgan fingerprint density at radius 1 is 0.947 bits per heavy atom. The SMILES string of the molecule is Cl.Fc1ccc2c(c1)c1cnccc1c1c[nH]nc21. The van der Waals surface area contributed by atoms with Gasteiger partial charge in [-0.15, -0.1) is 12.4 Å². The molecule has 2 aromatic heterocycles. The van der Waals surface area contributed by atoms with Crippen molar-refractivity contribution in [2.45, 2.75) is 0 Å². The molecule has 0 radical (unpaired) electrons. The van der Waals surface area contributed by atoms with Crippen LogP contribution < -0.4 is 0 Å². The summed E-state index contributed by atoms with van der Waals surface area (Å²) >= 11 is 0. The van der Waals surface area contributed by atoms with Crippen LogP contribution in [0.1, 0.15) is 0 Å². The van der Waals surface area contributed by atoms with Crippen LogP contribution in [0.3, 0.4) is 0 Å². The van der Waals surface area contributed by atoms with Crippen LogP contribution in [0.15, 0.2) is 42.9 Å². The van der Waals surface area contributed by atoms with Gasteiger partial charge in [-0.05, 0) is 35.0 Å². The first-order valence-electron chi connectivity index (χ1n) is 5.63. The Hall–Kier alpha value is -2.20. The largest absolute Gasteiger partial charge is 0.284 e. The Morgan fingerprint density at radius 2 is 1.84 bits per heavy atom. The molecule has 0 fully saturated rings. The summed E-state index contributed by atoms with van der Waals surface area (Å²) in [5, 5.41) is 11.9. The average Bonchev–Trinajstić information content (AvgIpc) is 2.88. The van der Waals surface area contributed by atoms with Crippen molar-refractivity contribution in [2.24, 2.45) is 0 Å². The molecule has 0 saturated heterocycles. The Bertz CT molecular complexity index is 901. The molecule has 0 bridgehead atoms. The van der Waals surface area contributed by atoms with Crippen LogP contribution in [-0.4, -0.2) is 15.2 Å². The predicted octanol–water partition coefficient (Wildman–Crippen LogP) is 3.83. The molecular formula is C14H9ClFN3. The molecule has 19 heavy (non-hydrogen) atoms. The molecule has 2 aromatic carbocycles. The zero-order valence-electron chi connectivity index (χ0n) is 9.72. The fraction of sp³-hybridized carbons (Fsp3) is 0. The maximum atomic E-state index is 13.4. The van der Waals surface area contributed by atoms with Gasteiger partial charge in [0.05, 0.1) is 0 Å². The van der Waals surface area contributed by atoms with Crippen molar-refractivity contribution < 1.29 is 4.39 Å². The van der Waals surface area contributed by atoms with E-state index >= 15 is 0 Å². The third kappa shape index (κ3) is 1.57. The number of H-pyrrole nitrogens is 1. The summed E-state index contributed by atoms with van der Waals surface area (Å²) in [6, 6.07) is 6.68. The minimum absolute atomic E-state index is 0. The van der Waals surface area contributed by atoms with E-state index in [2.05, 4.69) is 15.2 Å². The maximum absolute atomic E-state index is 13.4. The summed E-state index contributed by atoms with van der Waals surface area (Å²) in [6.07, 6.45) is 5.36. The summed E-state index contributed by atoms with van der Waals surface area (Å²) < 4.78 is 13.4. The molecule has 0 amide bonds. The molecule has 4 rings (SSSR count). The Morgan fingerprint density at radius 3 is 2.74 bits per heavy atom. The molecule has 5 heteroatoms. The van der Waals surface area contributed by atoms with Crippen LogP contribution in [0.5, 0.6) is 0 Å². The third-order valence-electron chi connectivity index (χ3n) is 3.28. The second-order valence-electron chi connectivity index (χ2n) is 4.26. The van der Waals surface area contributed by atoms with Crippen LogP contribution in [0, 0.1) is 5.82 Å².